The van der Waals surface area contributed by atoms with Crippen molar-refractivity contribution >= 4 is 23.5 Å². The molecule has 0 aromatic heterocycles. The molecule has 140 valence electrons. The molecule has 2 fully saturated rings. The highest BCUT2D eigenvalue weighted by Crippen LogP contribution is 2.25. The molecule has 3 rings (SSSR count). The minimum Gasteiger partial charge on any atom is -0.497 e. The quantitative estimate of drug-likeness (QED) is 0.859. The summed E-state index contributed by atoms with van der Waals surface area (Å²) in [5.74, 6) is 0.691. The summed E-state index contributed by atoms with van der Waals surface area (Å²) in [5, 5.41) is 2.94. The van der Waals surface area contributed by atoms with Crippen LogP contribution >= 0.6 is 0 Å². The molecule has 2 saturated heterocycles. The summed E-state index contributed by atoms with van der Waals surface area (Å²) in [6, 6.07) is 6.91. The predicted molar refractivity (Wildman–Crippen MR) is 96.1 cm³/mol. The van der Waals surface area contributed by atoms with E-state index in [9.17, 15) is 14.4 Å². The minimum atomic E-state index is -0.230. The number of anilines is 1. The number of rotatable bonds is 3. The summed E-state index contributed by atoms with van der Waals surface area (Å²) in [6.45, 7) is 4.07. The second-order valence-corrected chi connectivity index (χ2v) is 6.55. The van der Waals surface area contributed by atoms with Crippen LogP contribution in [0.5, 0.6) is 5.75 Å². The summed E-state index contributed by atoms with van der Waals surface area (Å²) in [4.78, 5) is 41.2. The van der Waals surface area contributed by atoms with E-state index >= 15 is 0 Å². The van der Waals surface area contributed by atoms with Crippen LogP contribution in [-0.4, -0.2) is 73.5 Å². The Bertz CT molecular complexity index is 700. The number of hydrogen-bond donors (Lipinski definition) is 1. The number of piperazine rings is 1. The zero-order chi connectivity index (χ0) is 18.7. The fourth-order valence-electron chi connectivity index (χ4n) is 3.32. The van der Waals surface area contributed by atoms with Gasteiger partial charge >= 0.3 is 6.03 Å². The number of ether oxygens (including phenoxy) is 1. The van der Waals surface area contributed by atoms with Gasteiger partial charge < -0.3 is 24.8 Å². The molecule has 0 saturated carbocycles. The van der Waals surface area contributed by atoms with Gasteiger partial charge in [0.25, 0.3) is 0 Å². The highest BCUT2D eigenvalue weighted by molar-refractivity contribution is 5.97. The first-order valence-corrected chi connectivity index (χ1v) is 8.73. The number of nitrogens with zero attached hydrogens (tertiary/aromatic N) is 3. The first-order valence-electron chi connectivity index (χ1n) is 8.73. The van der Waals surface area contributed by atoms with Crippen LogP contribution in [0.15, 0.2) is 24.3 Å². The maximum absolute atomic E-state index is 12.4. The molecular weight excluding hydrogens is 336 g/mol. The summed E-state index contributed by atoms with van der Waals surface area (Å²) < 4.78 is 5.20. The molecule has 0 spiro atoms. The van der Waals surface area contributed by atoms with Gasteiger partial charge in [0.15, 0.2) is 0 Å². The average molecular weight is 360 g/mol. The number of nitrogens with one attached hydrogen (secondary N) is 1. The van der Waals surface area contributed by atoms with E-state index in [1.54, 1.807) is 21.8 Å². The molecule has 0 radical (unpaired) electrons. The van der Waals surface area contributed by atoms with E-state index in [1.165, 1.54) is 6.92 Å². The molecule has 1 N–H and O–H groups in total. The van der Waals surface area contributed by atoms with E-state index in [1.807, 2.05) is 24.3 Å². The van der Waals surface area contributed by atoms with Crippen LogP contribution in [0.4, 0.5) is 10.5 Å². The van der Waals surface area contributed by atoms with Gasteiger partial charge in [-0.05, 0) is 12.1 Å². The van der Waals surface area contributed by atoms with Crippen LogP contribution in [0, 0.1) is 0 Å². The standard InChI is InChI=1S/C18H24N4O4/c1-13(23)20-6-8-21(9-7-20)18(25)19-14-10-17(24)22(12-14)15-4-3-5-16(11-15)26-2/h3-5,11,14H,6-10,12H2,1-2H3,(H,19,25)/t14-/m1/s1. The van der Waals surface area contributed by atoms with Crippen molar-refractivity contribution in [3.8, 4) is 5.75 Å². The second-order valence-electron chi connectivity index (χ2n) is 6.55. The number of amides is 4. The van der Waals surface area contributed by atoms with Gasteiger partial charge in [0.1, 0.15) is 5.75 Å². The third-order valence-corrected chi connectivity index (χ3v) is 4.83. The summed E-state index contributed by atoms with van der Waals surface area (Å²) in [5.41, 5.74) is 0.765. The molecule has 4 amide bonds. The Morgan fingerprint density at radius 3 is 2.50 bits per heavy atom. The normalized spacial score (nSPS) is 20.3. The topological polar surface area (TPSA) is 82.2 Å². The van der Waals surface area contributed by atoms with Crippen molar-refractivity contribution in [1.29, 1.82) is 0 Å². The number of carbonyl (C=O) groups excluding carboxylic acids is 3. The van der Waals surface area contributed by atoms with Crippen LogP contribution in [0.2, 0.25) is 0 Å². The van der Waals surface area contributed by atoms with Crippen molar-refractivity contribution in [2.75, 3.05) is 44.7 Å². The van der Waals surface area contributed by atoms with Crippen molar-refractivity contribution in [2.24, 2.45) is 0 Å². The lowest BCUT2D eigenvalue weighted by Crippen LogP contribution is -2.54. The van der Waals surface area contributed by atoms with Crippen molar-refractivity contribution < 1.29 is 19.1 Å². The van der Waals surface area contributed by atoms with Crippen molar-refractivity contribution in [1.82, 2.24) is 15.1 Å². The van der Waals surface area contributed by atoms with E-state index in [0.29, 0.717) is 38.5 Å². The zero-order valence-electron chi connectivity index (χ0n) is 15.1. The third-order valence-electron chi connectivity index (χ3n) is 4.83. The van der Waals surface area contributed by atoms with Gasteiger partial charge in [0.05, 0.1) is 13.2 Å². The van der Waals surface area contributed by atoms with E-state index in [2.05, 4.69) is 5.32 Å². The Hall–Kier alpha value is -2.77. The fourth-order valence-corrected chi connectivity index (χ4v) is 3.32. The molecular formula is C18H24N4O4. The molecule has 0 bridgehead atoms. The molecule has 1 aromatic carbocycles. The highest BCUT2D eigenvalue weighted by atomic mass is 16.5. The first-order chi connectivity index (χ1) is 12.5. The van der Waals surface area contributed by atoms with Gasteiger partial charge in [0, 0.05) is 57.8 Å². The number of benzene rings is 1. The highest BCUT2D eigenvalue weighted by Gasteiger charge is 2.33. The summed E-state index contributed by atoms with van der Waals surface area (Å²) >= 11 is 0. The molecule has 1 aromatic rings. The molecule has 0 aliphatic carbocycles. The maximum atomic E-state index is 12.4. The largest absolute Gasteiger partial charge is 0.497 e. The molecule has 26 heavy (non-hydrogen) atoms. The zero-order valence-corrected chi connectivity index (χ0v) is 15.1. The lowest BCUT2D eigenvalue weighted by molar-refractivity contribution is -0.130. The fraction of sp³-hybridized carbons (Fsp3) is 0.500. The first kappa shape index (κ1) is 18.0. The van der Waals surface area contributed by atoms with E-state index in [4.69, 9.17) is 4.74 Å². The van der Waals surface area contributed by atoms with Crippen molar-refractivity contribution in [3.05, 3.63) is 24.3 Å². The Kier molecular flexibility index (Phi) is 5.29. The van der Waals surface area contributed by atoms with Crippen LogP contribution in [0.3, 0.4) is 0 Å². The molecule has 8 nitrogen and oxygen atoms in total. The lowest BCUT2D eigenvalue weighted by atomic mass is 10.2. The van der Waals surface area contributed by atoms with Gasteiger partial charge in [-0.3, -0.25) is 9.59 Å². The van der Waals surface area contributed by atoms with Crippen molar-refractivity contribution in [2.45, 2.75) is 19.4 Å². The predicted octanol–water partition coefficient (Wildman–Crippen LogP) is 0.674. The SMILES string of the molecule is COc1cccc(N2C[C@H](NC(=O)N3CCN(C(C)=O)CC3)CC2=O)c1. The summed E-state index contributed by atoms with van der Waals surface area (Å²) in [7, 11) is 1.58. The van der Waals surface area contributed by atoms with Gasteiger partial charge in [-0.2, -0.15) is 0 Å². The second kappa shape index (κ2) is 7.63. The van der Waals surface area contributed by atoms with Crippen LogP contribution in [-0.2, 0) is 9.59 Å². The molecule has 1 atom stereocenters. The molecule has 0 unspecified atom stereocenters. The number of urea groups is 1. The number of carbonyl (C=O) groups is 3. The smallest absolute Gasteiger partial charge is 0.317 e. The molecule has 2 heterocycles. The van der Waals surface area contributed by atoms with E-state index < -0.39 is 0 Å². The monoisotopic (exact) mass is 360 g/mol. The Balaban J connectivity index is 1.56. The third kappa shape index (κ3) is 3.89. The van der Waals surface area contributed by atoms with Crippen molar-refractivity contribution in [3.63, 3.8) is 0 Å². The number of methoxy groups -OCH3 is 1. The molecule has 2 aliphatic heterocycles. The van der Waals surface area contributed by atoms with Crippen LogP contribution in [0.25, 0.3) is 0 Å². The minimum absolute atomic E-state index is 0.0232. The maximum Gasteiger partial charge on any atom is 0.317 e. The van der Waals surface area contributed by atoms with E-state index in [0.717, 1.165) is 5.69 Å². The lowest BCUT2D eigenvalue weighted by Gasteiger charge is -2.34. The Labute approximate surface area is 152 Å². The average Bonchev–Trinajstić information content (AvgIpc) is 3.02. The molecule has 2 aliphatic rings. The Morgan fingerprint density at radius 1 is 1.15 bits per heavy atom. The van der Waals surface area contributed by atoms with Crippen LogP contribution < -0.4 is 15.0 Å². The van der Waals surface area contributed by atoms with Gasteiger partial charge in [-0.15, -0.1) is 0 Å². The van der Waals surface area contributed by atoms with Crippen LogP contribution in [0.1, 0.15) is 13.3 Å². The number of hydrogen-bond acceptors (Lipinski definition) is 4. The van der Waals surface area contributed by atoms with E-state index in [-0.39, 0.29) is 30.3 Å². The van der Waals surface area contributed by atoms with Gasteiger partial charge in [-0.25, -0.2) is 4.79 Å². The molecule has 8 heteroatoms. The summed E-state index contributed by atoms with van der Waals surface area (Å²) in [6.07, 6.45) is 0.274. The Morgan fingerprint density at radius 2 is 1.85 bits per heavy atom. The van der Waals surface area contributed by atoms with Gasteiger partial charge in [0.2, 0.25) is 11.8 Å². The van der Waals surface area contributed by atoms with Gasteiger partial charge in [-0.1, -0.05) is 6.07 Å².